The molecule has 0 aromatic rings. The Hall–Kier alpha value is -1.10. The molecule has 0 heterocycles. The van der Waals surface area contributed by atoms with Crippen LogP contribution in [0.4, 0.5) is 0 Å². The maximum absolute atomic E-state index is 11.5. The number of amides is 1. The van der Waals surface area contributed by atoms with Crippen molar-refractivity contribution >= 4 is 11.9 Å². The smallest absolute Gasteiger partial charge is 0.308 e. The highest BCUT2D eigenvalue weighted by Crippen LogP contribution is 2.24. The fourth-order valence-electron chi connectivity index (χ4n) is 1.64. The lowest BCUT2D eigenvalue weighted by Crippen LogP contribution is -2.36. The van der Waals surface area contributed by atoms with Gasteiger partial charge < -0.3 is 15.3 Å². The van der Waals surface area contributed by atoms with Gasteiger partial charge in [0, 0.05) is 19.5 Å². The van der Waals surface area contributed by atoms with Crippen LogP contribution < -0.4 is 5.32 Å². The first-order valence-corrected chi connectivity index (χ1v) is 6.26. The van der Waals surface area contributed by atoms with Crippen molar-refractivity contribution in [3.05, 3.63) is 0 Å². The molecule has 18 heavy (non-hydrogen) atoms. The lowest BCUT2D eigenvalue weighted by molar-refractivity contribution is -0.142. The number of carbonyl (C=O) groups is 2. The summed E-state index contributed by atoms with van der Waals surface area (Å²) in [4.78, 5) is 24.5. The van der Waals surface area contributed by atoms with Crippen LogP contribution in [0.1, 0.15) is 33.6 Å². The van der Waals surface area contributed by atoms with Gasteiger partial charge in [-0.1, -0.05) is 20.8 Å². The molecule has 0 radical (unpaired) electrons. The van der Waals surface area contributed by atoms with Crippen molar-refractivity contribution in [1.29, 1.82) is 0 Å². The van der Waals surface area contributed by atoms with E-state index in [2.05, 4.69) is 5.32 Å². The van der Waals surface area contributed by atoms with Crippen LogP contribution in [-0.4, -0.2) is 49.1 Å². The Morgan fingerprint density at radius 2 is 1.83 bits per heavy atom. The normalized spacial score (nSPS) is 13.4. The van der Waals surface area contributed by atoms with E-state index in [1.54, 1.807) is 0 Å². The number of hydrogen-bond acceptors (Lipinski definition) is 3. The summed E-state index contributed by atoms with van der Waals surface area (Å²) in [5.74, 6) is -1.46. The molecule has 106 valence electrons. The molecule has 0 bridgehead atoms. The van der Waals surface area contributed by atoms with Gasteiger partial charge in [-0.3, -0.25) is 9.59 Å². The second-order valence-corrected chi connectivity index (χ2v) is 6.16. The maximum atomic E-state index is 11.5. The highest BCUT2D eigenvalue weighted by Gasteiger charge is 2.24. The quantitative estimate of drug-likeness (QED) is 0.719. The first kappa shape index (κ1) is 16.9. The molecule has 1 atom stereocenters. The first-order valence-electron chi connectivity index (χ1n) is 6.26. The minimum atomic E-state index is -0.849. The lowest BCUT2D eigenvalue weighted by atomic mass is 9.84. The average Bonchev–Trinajstić information content (AvgIpc) is 2.19. The summed E-state index contributed by atoms with van der Waals surface area (Å²) >= 11 is 0. The highest BCUT2D eigenvalue weighted by molar-refractivity contribution is 5.77. The molecule has 0 aromatic carbocycles. The van der Waals surface area contributed by atoms with Gasteiger partial charge in [0.15, 0.2) is 0 Å². The first-order chi connectivity index (χ1) is 8.11. The standard InChI is InChI=1S/C13H26N2O3/c1-13(2,3)8-10(12(17)18)9-14-11(16)6-7-15(4)5/h10H,6-9H2,1-5H3,(H,14,16)(H,17,18). The number of carbonyl (C=O) groups excluding carboxylic acids is 1. The van der Waals surface area contributed by atoms with Crippen LogP contribution in [0.25, 0.3) is 0 Å². The Morgan fingerprint density at radius 1 is 1.28 bits per heavy atom. The molecule has 0 rings (SSSR count). The highest BCUT2D eigenvalue weighted by atomic mass is 16.4. The SMILES string of the molecule is CN(C)CCC(=O)NCC(CC(C)(C)C)C(=O)O. The molecule has 0 saturated heterocycles. The van der Waals surface area contributed by atoms with Crippen molar-refractivity contribution in [3.8, 4) is 0 Å². The molecular weight excluding hydrogens is 232 g/mol. The minimum absolute atomic E-state index is 0.0581. The third kappa shape index (κ3) is 8.98. The van der Waals surface area contributed by atoms with Gasteiger partial charge in [-0.2, -0.15) is 0 Å². The Balaban J connectivity index is 4.12. The van der Waals surface area contributed by atoms with Gasteiger partial charge in [0.1, 0.15) is 0 Å². The third-order valence-electron chi connectivity index (χ3n) is 2.54. The van der Waals surface area contributed by atoms with Crippen LogP contribution in [-0.2, 0) is 9.59 Å². The second kappa shape index (κ2) is 7.36. The molecule has 0 saturated carbocycles. The molecule has 0 aliphatic rings. The number of nitrogens with one attached hydrogen (secondary N) is 1. The Kier molecular flexibility index (Phi) is 6.91. The van der Waals surface area contributed by atoms with E-state index < -0.39 is 11.9 Å². The summed E-state index contributed by atoms with van der Waals surface area (Å²) in [5.41, 5.74) is -0.0581. The predicted octanol–water partition coefficient (Wildman–Crippen LogP) is 1.19. The molecule has 0 aliphatic heterocycles. The van der Waals surface area contributed by atoms with Crippen LogP contribution in [0.3, 0.4) is 0 Å². The molecular formula is C13H26N2O3. The number of nitrogens with zero attached hydrogens (tertiary/aromatic N) is 1. The van der Waals surface area contributed by atoms with Crippen molar-refractivity contribution in [2.24, 2.45) is 11.3 Å². The van der Waals surface area contributed by atoms with Crippen molar-refractivity contribution in [3.63, 3.8) is 0 Å². The van der Waals surface area contributed by atoms with E-state index in [4.69, 9.17) is 5.11 Å². The van der Waals surface area contributed by atoms with E-state index >= 15 is 0 Å². The van der Waals surface area contributed by atoms with Gasteiger partial charge in [-0.05, 0) is 25.9 Å². The molecule has 0 aliphatic carbocycles. The summed E-state index contributed by atoms with van der Waals surface area (Å²) in [6.07, 6.45) is 0.950. The Labute approximate surface area is 110 Å². The molecule has 5 nitrogen and oxygen atoms in total. The van der Waals surface area contributed by atoms with Gasteiger partial charge in [0.05, 0.1) is 5.92 Å². The topological polar surface area (TPSA) is 69.6 Å². The van der Waals surface area contributed by atoms with Crippen molar-refractivity contribution in [2.75, 3.05) is 27.2 Å². The van der Waals surface area contributed by atoms with E-state index in [0.717, 1.165) is 0 Å². The predicted molar refractivity (Wildman–Crippen MR) is 71.4 cm³/mol. The fraction of sp³-hybridized carbons (Fsp3) is 0.846. The van der Waals surface area contributed by atoms with Crippen LogP contribution >= 0.6 is 0 Å². The number of carboxylic acids is 1. The summed E-state index contributed by atoms with van der Waals surface area (Å²) in [5, 5.41) is 11.8. The van der Waals surface area contributed by atoms with Crippen molar-refractivity contribution < 1.29 is 14.7 Å². The second-order valence-electron chi connectivity index (χ2n) is 6.16. The third-order valence-corrected chi connectivity index (χ3v) is 2.54. The van der Waals surface area contributed by atoms with Crippen LogP contribution in [0, 0.1) is 11.3 Å². The van der Waals surface area contributed by atoms with Gasteiger partial charge in [-0.15, -0.1) is 0 Å². The Bertz CT molecular complexity index is 282. The average molecular weight is 258 g/mol. The molecule has 1 amide bonds. The number of rotatable bonds is 7. The number of carboxylic acid groups (broad SMARTS) is 1. The van der Waals surface area contributed by atoms with E-state index in [-0.39, 0.29) is 17.9 Å². The van der Waals surface area contributed by atoms with Crippen LogP contribution in [0.2, 0.25) is 0 Å². The van der Waals surface area contributed by atoms with Gasteiger partial charge >= 0.3 is 5.97 Å². The molecule has 1 unspecified atom stereocenters. The van der Waals surface area contributed by atoms with Gasteiger partial charge in [-0.25, -0.2) is 0 Å². The molecule has 5 heteroatoms. The zero-order valence-corrected chi connectivity index (χ0v) is 12.1. The van der Waals surface area contributed by atoms with E-state index in [9.17, 15) is 9.59 Å². The summed E-state index contributed by atoms with van der Waals surface area (Å²) in [7, 11) is 3.79. The minimum Gasteiger partial charge on any atom is -0.481 e. The zero-order chi connectivity index (χ0) is 14.3. The summed E-state index contributed by atoms with van der Waals surface area (Å²) in [6.45, 7) is 6.87. The summed E-state index contributed by atoms with van der Waals surface area (Å²) < 4.78 is 0. The van der Waals surface area contributed by atoms with Crippen LogP contribution in [0.15, 0.2) is 0 Å². The van der Waals surface area contributed by atoms with Crippen molar-refractivity contribution in [1.82, 2.24) is 10.2 Å². The number of aliphatic carboxylic acids is 1. The van der Waals surface area contributed by atoms with E-state index in [0.29, 0.717) is 19.4 Å². The summed E-state index contributed by atoms with van der Waals surface area (Å²) in [6, 6.07) is 0. The molecule has 0 spiro atoms. The lowest BCUT2D eigenvalue weighted by Gasteiger charge is -2.23. The van der Waals surface area contributed by atoms with Crippen molar-refractivity contribution in [2.45, 2.75) is 33.6 Å². The molecule has 2 N–H and O–H groups in total. The zero-order valence-electron chi connectivity index (χ0n) is 12.1. The van der Waals surface area contributed by atoms with Gasteiger partial charge in [0.2, 0.25) is 5.91 Å². The molecule has 0 fully saturated rings. The monoisotopic (exact) mass is 258 g/mol. The maximum Gasteiger partial charge on any atom is 0.308 e. The van der Waals surface area contributed by atoms with Gasteiger partial charge in [0.25, 0.3) is 0 Å². The molecule has 0 aromatic heterocycles. The number of hydrogen-bond donors (Lipinski definition) is 2. The largest absolute Gasteiger partial charge is 0.481 e. The Morgan fingerprint density at radius 3 is 2.22 bits per heavy atom. The van der Waals surface area contributed by atoms with E-state index in [1.165, 1.54) is 0 Å². The van der Waals surface area contributed by atoms with E-state index in [1.807, 2.05) is 39.8 Å². The van der Waals surface area contributed by atoms with Crippen LogP contribution in [0.5, 0.6) is 0 Å². The fourth-order valence-corrected chi connectivity index (χ4v) is 1.64.